The van der Waals surface area contributed by atoms with Gasteiger partial charge in [0, 0.05) is 16.6 Å². The molecule has 1 aromatic heterocycles. The number of thiophene rings is 1. The standard InChI is InChI=1S/C13H20N2O3S/c1-5-7(2)15-12(16)8(3)18-13(17)11-6-10(14)9(4)19-11/h6-8H,5,14H2,1-4H3,(H,15,16). The van der Waals surface area contributed by atoms with E-state index in [0.29, 0.717) is 10.6 Å². The lowest BCUT2D eigenvalue weighted by molar-refractivity contribution is -0.129. The van der Waals surface area contributed by atoms with Gasteiger partial charge >= 0.3 is 5.97 Å². The number of nitrogens with two attached hydrogens (primary N) is 1. The molecule has 1 amide bonds. The average molecular weight is 284 g/mol. The van der Waals surface area contributed by atoms with Gasteiger partial charge in [0.05, 0.1) is 0 Å². The van der Waals surface area contributed by atoms with Crippen LogP contribution in [0.4, 0.5) is 5.69 Å². The van der Waals surface area contributed by atoms with Gasteiger partial charge in [-0.25, -0.2) is 4.79 Å². The van der Waals surface area contributed by atoms with Crippen LogP contribution in [0.15, 0.2) is 6.07 Å². The van der Waals surface area contributed by atoms with E-state index in [2.05, 4.69) is 5.32 Å². The molecule has 0 aliphatic heterocycles. The molecule has 1 heterocycles. The Morgan fingerprint density at radius 1 is 1.47 bits per heavy atom. The van der Waals surface area contributed by atoms with E-state index in [0.717, 1.165) is 11.3 Å². The second kappa shape index (κ2) is 6.56. The third kappa shape index (κ3) is 4.24. The first-order valence-electron chi connectivity index (χ1n) is 6.22. The van der Waals surface area contributed by atoms with Crippen molar-refractivity contribution < 1.29 is 14.3 Å². The molecule has 1 rings (SSSR count). The van der Waals surface area contributed by atoms with Crippen molar-refractivity contribution in [3.8, 4) is 0 Å². The Bertz CT molecular complexity index is 451. The van der Waals surface area contributed by atoms with Gasteiger partial charge in [-0.2, -0.15) is 0 Å². The minimum absolute atomic E-state index is 0.0632. The SMILES string of the molecule is CCC(C)NC(=O)C(C)OC(=O)c1cc(N)c(C)s1. The molecule has 0 saturated heterocycles. The van der Waals surface area contributed by atoms with Crippen LogP contribution in [0.3, 0.4) is 0 Å². The monoisotopic (exact) mass is 284 g/mol. The lowest BCUT2D eigenvalue weighted by atomic mass is 10.2. The van der Waals surface area contributed by atoms with Crippen molar-refractivity contribution in [2.24, 2.45) is 0 Å². The molecule has 0 aromatic carbocycles. The summed E-state index contributed by atoms with van der Waals surface area (Å²) in [5.74, 6) is -0.805. The summed E-state index contributed by atoms with van der Waals surface area (Å²) in [7, 11) is 0. The second-order valence-corrected chi connectivity index (χ2v) is 5.74. The summed E-state index contributed by atoms with van der Waals surface area (Å²) in [4.78, 5) is 24.9. The van der Waals surface area contributed by atoms with E-state index in [1.807, 2.05) is 20.8 Å². The van der Waals surface area contributed by atoms with Crippen LogP contribution < -0.4 is 11.1 Å². The maximum absolute atomic E-state index is 11.8. The maximum Gasteiger partial charge on any atom is 0.349 e. The Labute approximate surface area is 117 Å². The minimum atomic E-state index is -0.815. The molecule has 6 heteroatoms. The van der Waals surface area contributed by atoms with E-state index in [4.69, 9.17) is 10.5 Å². The van der Waals surface area contributed by atoms with Crippen LogP contribution in [0.25, 0.3) is 0 Å². The summed E-state index contributed by atoms with van der Waals surface area (Å²) in [5.41, 5.74) is 6.24. The molecule has 3 N–H and O–H groups in total. The van der Waals surface area contributed by atoms with E-state index >= 15 is 0 Å². The predicted molar refractivity (Wildman–Crippen MR) is 76.2 cm³/mol. The molecule has 0 fully saturated rings. The Hall–Kier alpha value is -1.56. The topological polar surface area (TPSA) is 81.4 Å². The quantitative estimate of drug-likeness (QED) is 0.811. The minimum Gasteiger partial charge on any atom is -0.448 e. The average Bonchev–Trinajstić information content (AvgIpc) is 2.69. The van der Waals surface area contributed by atoms with Crippen molar-refractivity contribution in [2.45, 2.75) is 46.3 Å². The Morgan fingerprint density at radius 3 is 2.58 bits per heavy atom. The molecule has 106 valence electrons. The number of hydrogen-bond donors (Lipinski definition) is 2. The van der Waals surface area contributed by atoms with Gasteiger partial charge in [0.1, 0.15) is 4.88 Å². The summed E-state index contributed by atoms with van der Waals surface area (Å²) < 4.78 is 5.12. The zero-order valence-electron chi connectivity index (χ0n) is 11.6. The summed E-state index contributed by atoms with van der Waals surface area (Å²) >= 11 is 1.26. The smallest absolute Gasteiger partial charge is 0.349 e. The summed E-state index contributed by atoms with van der Waals surface area (Å²) in [6, 6.07) is 1.63. The number of aryl methyl sites for hydroxylation is 1. The summed E-state index contributed by atoms with van der Waals surface area (Å²) in [6.07, 6.45) is 0.0118. The number of rotatable bonds is 5. The number of hydrogen-bond acceptors (Lipinski definition) is 5. The van der Waals surface area contributed by atoms with Gasteiger partial charge in [-0.3, -0.25) is 4.79 Å². The number of carbonyl (C=O) groups excluding carboxylic acids is 2. The highest BCUT2D eigenvalue weighted by Crippen LogP contribution is 2.24. The van der Waals surface area contributed by atoms with Gasteiger partial charge in [-0.1, -0.05) is 6.92 Å². The third-order valence-electron chi connectivity index (χ3n) is 2.81. The van der Waals surface area contributed by atoms with Crippen molar-refractivity contribution >= 4 is 28.9 Å². The molecule has 1 aromatic rings. The molecule has 2 atom stereocenters. The Morgan fingerprint density at radius 2 is 2.11 bits per heavy atom. The fraction of sp³-hybridized carbons (Fsp3) is 0.538. The van der Waals surface area contributed by atoms with Crippen molar-refractivity contribution in [1.82, 2.24) is 5.32 Å². The molecular weight excluding hydrogens is 264 g/mol. The molecule has 2 unspecified atom stereocenters. The van der Waals surface area contributed by atoms with Crippen LogP contribution in [0.5, 0.6) is 0 Å². The zero-order chi connectivity index (χ0) is 14.6. The van der Waals surface area contributed by atoms with Crippen LogP contribution in [0.1, 0.15) is 41.7 Å². The van der Waals surface area contributed by atoms with Crippen molar-refractivity contribution in [3.05, 3.63) is 15.8 Å². The van der Waals surface area contributed by atoms with Gasteiger partial charge < -0.3 is 15.8 Å². The fourth-order valence-electron chi connectivity index (χ4n) is 1.33. The lowest BCUT2D eigenvalue weighted by Crippen LogP contribution is -2.40. The van der Waals surface area contributed by atoms with Crippen molar-refractivity contribution in [3.63, 3.8) is 0 Å². The molecule has 0 spiro atoms. The Balaban J connectivity index is 2.59. The maximum atomic E-state index is 11.8. The van der Waals surface area contributed by atoms with Crippen molar-refractivity contribution in [1.29, 1.82) is 0 Å². The zero-order valence-corrected chi connectivity index (χ0v) is 12.5. The number of nitrogens with one attached hydrogen (secondary N) is 1. The highest BCUT2D eigenvalue weighted by atomic mass is 32.1. The van der Waals surface area contributed by atoms with Gasteiger partial charge in [0.2, 0.25) is 0 Å². The summed E-state index contributed by atoms with van der Waals surface area (Å²) in [6.45, 7) is 7.25. The van der Waals surface area contributed by atoms with E-state index in [1.54, 1.807) is 13.0 Å². The van der Waals surface area contributed by atoms with E-state index in [1.165, 1.54) is 11.3 Å². The first-order valence-corrected chi connectivity index (χ1v) is 7.04. The number of nitrogen functional groups attached to an aromatic ring is 1. The van der Waals surface area contributed by atoms with Crippen molar-refractivity contribution in [2.75, 3.05) is 5.73 Å². The van der Waals surface area contributed by atoms with Crippen LogP contribution >= 0.6 is 11.3 Å². The fourth-order valence-corrected chi connectivity index (χ4v) is 2.16. The van der Waals surface area contributed by atoms with Crippen LogP contribution in [-0.2, 0) is 9.53 Å². The second-order valence-electron chi connectivity index (χ2n) is 4.49. The lowest BCUT2D eigenvalue weighted by Gasteiger charge is -2.16. The van der Waals surface area contributed by atoms with Crippen LogP contribution in [0.2, 0.25) is 0 Å². The molecule has 0 radical (unpaired) electrons. The molecular formula is C13H20N2O3S. The molecule has 19 heavy (non-hydrogen) atoms. The van der Waals surface area contributed by atoms with E-state index in [9.17, 15) is 9.59 Å². The number of carbonyl (C=O) groups is 2. The molecule has 0 saturated carbocycles. The molecule has 5 nitrogen and oxygen atoms in total. The molecule has 0 bridgehead atoms. The first-order chi connectivity index (χ1) is 8.85. The summed E-state index contributed by atoms with van der Waals surface area (Å²) in [5, 5.41) is 2.77. The number of ether oxygens (including phenoxy) is 1. The third-order valence-corrected chi connectivity index (χ3v) is 3.86. The van der Waals surface area contributed by atoms with Gasteiger partial charge in [-0.15, -0.1) is 11.3 Å². The van der Waals surface area contributed by atoms with Gasteiger partial charge in [0.25, 0.3) is 5.91 Å². The Kier molecular flexibility index (Phi) is 5.35. The van der Waals surface area contributed by atoms with Crippen LogP contribution in [-0.4, -0.2) is 24.0 Å². The van der Waals surface area contributed by atoms with Gasteiger partial charge in [0.15, 0.2) is 6.10 Å². The highest BCUT2D eigenvalue weighted by Gasteiger charge is 2.21. The van der Waals surface area contributed by atoms with Crippen LogP contribution in [0, 0.1) is 6.92 Å². The molecule has 0 aliphatic rings. The van der Waals surface area contributed by atoms with E-state index in [-0.39, 0.29) is 11.9 Å². The first kappa shape index (κ1) is 15.5. The predicted octanol–water partition coefficient (Wildman–Crippen LogP) is 2.10. The number of esters is 1. The van der Waals surface area contributed by atoms with Gasteiger partial charge in [-0.05, 0) is 33.3 Å². The number of amides is 1. The largest absolute Gasteiger partial charge is 0.448 e. The normalized spacial score (nSPS) is 13.7. The highest BCUT2D eigenvalue weighted by molar-refractivity contribution is 7.14. The number of anilines is 1. The molecule has 0 aliphatic carbocycles. The van der Waals surface area contributed by atoms with E-state index < -0.39 is 12.1 Å².